The number of benzene rings is 1. The molecule has 1 saturated heterocycles. The molecule has 1 aliphatic rings. The number of hydrogen-bond donors (Lipinski definition) is 1. The molecule has 1 atom stereocenters. The summed E-state index contributed by atoms with van der Waals surface area (Å²) in [5.74, 6) is -0.00581. The Balaban J connectivity index is 1.56. The molecule has 5 nitrogen and oxygen atoms in total. The van der Waals surface area contributed by atoms with Crippen LogP contribution in [-0.2, 0) is 11.8 Å². The first-order chi connectivity index (χ1) is 11.6. The van der Waals surface area contributed by atoms with Gasteiger partial charge in [-0.05, 0) is 50.5 Å². The van der Waals surface area contributed by atoms with Crippen molar-refractivity contribution in [2.75, 3.05) is 23.3 Å². The van der Waals surface area contributed by atoms with Crippen molar-refractivity contribution < 1.29 is 4.79 Å². The van der Waals surface area contributed by atoms with Crippen molar-refractivity contribution in [2.45, 2.75) is 36.6 Å². The zero-order chi connectivity index (χ0) is 16.9. The second kappa shape index (κ2) is 7.75. The summed E-state index contributed by atoms with van der Waals surface area (Å²) in [7, 11) is 1.93. The summed E-state index contributed by atoms with van der Waals surface area (Å²) in [6.45, 7) is 4.16. The van der Waals surface area contributed by atoms with E-state index in [1.54, 1.807) is 6.20 Å². The van der Waals surface area contributed by atoms with Crippen LogP contribution in [0.1, 0.15) is 26.2 Å². The highest BCUT2D eigenvalue weighted by Gasteiger charge is 2.17. The Bertz CT molecular complexity index is 677. The number of thioether (sulfide) groups is 1. The van der Waals surface area contributed by atoms with Crippen molar-refractivity contribution in [1.82, 2.24) is 9.55 Å². The molecule has 6 heteroatoms. The third-order valence-corrected chi connectivity index (χ3v) is 5.46. The van der Waals surface area contributed by atoms with E-state index in [0.717, 1.165) is 23.9 Å². The van der Waals surface area contributed by atoms with Gasteiger partial charge in [-0.2, -0.15) is 0 Å². The lowest BCUT2D eigenvalue weighted by Crippen LogP contribution is -2.29. The first-order valence-electron chi connectivity index (χ1n) is 8.43. The van der Waals surface area contributed by atoms with Crippen LogP contribution < -0.4 is 10.2 Å². The maximum atomic E-state index is 12.4. The Morgan fingerprint density at radius 2 is 1.92 bits per heavy atom. The van der Waals surface area contributed by atoms with Gasteiger partial charge in [0.25, 0.3) is 0 Å². The summed E-state index contributed by atoms with van der Waals surface area (Å²) in [5, 5.41) is 3.63. The quantitative estimate of drug-likeness (QED) is 0.843. The van der Waals surface area contributed by atoms with Crippen LogP contribution in [0.15, 0.2) is 41.8 Å². The van der Waals surface area contributed by atoms with Crippen LogP contribution in [0.4, 0.5) is 11.4 Å². The van der Waals surface area contributed by atoms with E-state index in [-0.39, 0.29) is 11.2 Å². The molecule has 0 bridgehead atoms. The smallest absolute Gasteiger partial charge is 0.237 e. The summed E-state index contributed by atoms with van der Waals surface area (Å²) >= 11 is 1.46. The SMILES string of the molecule is CC(Sc1nccn1C)C(=O)Nc1ccc(N2CCCCC2)cc1. The van der Waals surface area contributed by atoms with E-state index in [1.165, 1.54) is 36.7 Å². The van der Waals surface area contributed by atoms with Gasteiger partial charge in [-0.3, -0.25) is 4.79 Å². The third kappa shape index (κ3) is 4.12. The standard InChI is InChI=1S/C18H24N4OS/c1-14(24-18-19-10-13-21(18)2)17(23)20-15-6-8-16(9-7-15)22-11-4-3-5-12-22/h6-10,13-14H,3-5,11-12H2,1-2H3,(H,20,23). The molecule has 0 radical (unpaired) electrons. The Morgan fingerprint density at radius 3 is 2.54 bits per heavy atom. The van der Waals surface area contributed by atoms with Gasteiger partial charge in [-0.1, -0.05) is 11.8 Å². The minimum atomic E-state index is -0.201. The minimum Gasteiger partial charge on any atom is -0.372 e. The summed E-state index contributed by atoms with van der Waals surface area (Å²) < 4.78 is 1.92. The Kier molecular flexibility index (Phi) is 5.45. The van der Waals surface area contributed by atoms with Gasteiger partial charge in [0.15, 0.2) is 5.16 Å². The number of anilines is 2. The number of nitrogens with zero attached hydrogens (tertiary/aromatic N) is 3. The van der Waals surface area contributed by atoms with Gasteiger partial charge in [-0.25, -0.2) is 4.98 Å². The predicted octanol–water partition coefficient (Wildman–Crippen LogP) is 3.53. The molecule has 24 heavy (non-hydrogen) atoms. The van der Waals surface area contributed by atoms with Crippen LogP contribution in [0.2, 0.25) is 0 Å². The van der Waals surface area contributed by atoms with Crippen LogP contribution in [0.25, 0.3) is 0 Å². The second-order valence-corrected chi connectivity index (χ2v) is 7.47. The predicted molar refractivity (Wildman–Crippen MR) is 99.7 cm³/mol. The van der Waals surface area contributed by atoms with Gasteiger partial charge in [0.1, 0.15) is 0 Å². The molecule has 3 rings (SSSR count). The molecule has 0 aliphatic carbocycles. The number of carbonyl (C=O) groups is 1. The van der Waals surface area contributed by atoms with Crippen LogP contribution in [0, 0.1) is 0 Å². The van der Waals surface area contributed by atoms with Gasteiger partial charge in [0, 0.05) is 43.9 Å². The lowest BCUT2D eigenvalue weighted by Gasteiger charge is -2.28. The largest absolute Gasteiger partial charge is 0.372 e. The van der Waals surface area contributed by atoms with Crippen LogP contribution in [0.5, 0.6) is 0 Å². The summed E-state index contributed by atoms with van der Waals surface area (Å²) in [5.41, 5.74) is 2.08. The molecule has 1 aromatic carbocycles. The van der Waals surface area contributed by atoms with Gasteiger partial charge < -0.3 is 14.8 Å². The average molecular weight is 344 g/mol. The number of rotatable bonds is 5. The van der Waals surface area contributed by atoms with Crippen LogP contribution in [0.3, 0.4) is 0 Å². The molecule has 2 heterocycles. The van der Waals surface area contributed by atoms with Crippen molar-refractivity contribution in [2.24, 2.45) is 7.05 Å². The molecule has 1 N–H and O–H groups in total. The molecule has 0 saturated carbocycles. The first kappa shape index (κ1) is 16.9. The fourth-order valence-corrected chi connectivity index (χ4v) is 3.66. The Labute approximate surface area is 147 Å². The maximum absolute atomic E-state index is 12.4. The molecule has 1 unspecified atom stereocenters. The van der Waals surface area contributed by atoms with E-state index >= 15 is 0 Å². The summed E-state index contributed by atoms with van der Waals surface area (Å²) in [6, 6.07) is 8.16. The van der Waals surface area contributed by atoms with E-state index in [1.807, 2.05) is 36.9 Å². The van der Waals surface area contributed by atoms with Crippen molar-refractivity contribution in [3.8, 4) is 0 Å². The lowest BCUT2D eigenvalue weighted by molar-refractivity contribution is -0.115. The van der Waals surface area contributed by atoms with Crippen molar-refractivity contribution in [3.63, 3.8) is 0 Å². The normalized spacial score (nSPS) is 16.0. The molecular weight excluding hydrogens is 320 g/mol. The number of aryl methyl sites for hydroxylation is 1. The fraction of sp³-hybridized carbons (Fsp3) is 0.444. The number of nitrogens with one attached hydrogen (secondary N) is 1. The van der Waals surface area contributed by atoms with Crippen molar-refractivity contribution in [1.29, 1.82) is 0 Å². The topological polar surface area (TPSA) is 50.2 Å². The van der Waals surface area contributed by atoms with Crippen LogP contribution >= 0.6 is 11.8 Å². The highest BCUT2D eigenvalue weighted by Crippen LogP contribution is 2.24. The average Bonchev–Trinajstić information content (AvgIpc) is 3.01. The zero-order valence-corrected chi connectivity index (χ0v) is 15.1. The van der Waals surface area contributed by atoms with E-state index < -0.39 is 0 Å². The maximum Gasteiger partial charge on any atom is 0.237 e. The number of hydrogen-bond acceptors (Lipinski definition) is 4. The molecule has 2 aromatic rings. The van der Waals surface area contributed by atoms with Crippen molar-refractivity contribution >= 4 is 29.0 Å². The van der Waals surface area contributed by atoms with Gasteiger partial charge in [-0.15, -0.1) is 0 Å². The van der Waals surface area contributed by atoms with Gasteiger partial charge in [0.2, 0.25) is 5.91 Å². The number of amides is 1. The Hall–Kier alpha value is -1.95. The zero-order valence-electron chi connectivity index (χ0n) is 14.2. The molecule has 0 spiro atoms. The molecule has 128 valence electrons. The van der Waals surface area contributed by atoms with E-state index in [2.05, 4.69) is 27.3 Å². The summed E-state index contributed by atoms with van der Waals surface area (Å²) in [6.07, 6.45) is 7.48. The minimum absolute atomic E-state index is 0.00581. The Morgan fingerprint density at radius 1 is 1.21 bits per heavy atom. The van der Waals surface area contributed by atoms with E-state index in [4.69, 9.17) is 0 Å². The van der Waals surface area contributed by atoms with Gasteiger partial charge >= 0.3 is 0 Å². The lowest BCUT2D eigenvalue weighted by atomic mass is 10.1. The van der Waals surface area contributed by atoms with E-state index in [0.29, 0.717) is 0 Å². The summed E-state index contributed by atoms with van der Waals surface area (Å²) in [4.78, 5) is 19.0. The monoisotopic (exact) mass is 344 g/mol. The fourth-order valence-electron chi connectivity index (χ4n) is 2.83. The first-order valence-corrected chi connectivity index (χ1v) is 9.31. The van der Waals surface area contributed by atoms with E-state index in [9.17, 15) is 4.79 Å². The number of piperidine rings is 1. The number of imidazole rings is 1. The number of aromatic nitrogens is 2. The van der Waals surface area contributed by atoms with Crippen molar-refractivity contribution in [3.05, 3.63) is 36.7 Å². The third-order valence-electron chi connectivity index (χ3n) is 4.28. The second-order valence-electron chi connectivity index (χ2n) is 6.16. The van der Waals surface area contributed by atoms with Gasteiger partial charge in [0.05, 0.1) is 5.25 Å². The molecule has 1 aliphatic heterocycles. The molecule has 1 amide bonds. The molecule has 1 fully saturated rings. The number of carbonyl (C=O) groups excluding carboxylic acids is 1. The highest BCUT2D eigenvalue weighted by atomic mass is 32.2. The molecule has 1 aromatic heterocycles. The molecular formula is C18H24N4OS. The van der Waals surface area contributed by atoms with Crippen LogP contribution in [-0.4, -0.2) is 33.8 Å². The highest BCUT2D eigenvalue weighted by molar-refractivity contribution is 8.00.